The maximum Gasteiger partial charge on any atom is 0.330 e. The van der Waals surface area contributed by atoms with Crippen LogP contribution in [0.15, 0.2) is 48.6 Å². The van der Waals surface area contributed by atoms with Gasteiger partial charge in [-0.1, -0.05) is 47.0 Å². The van der Waals surface area contributed by atoms with Crippen LogP contribution in [0.5, 0.6) is 5.75 Å². The van der Waals surface area contributed by atoms with E-state index in [-0.39, 0.29) is 11.2 Å². The predicted molar refractivity (Wildman–Crippen MR) is 109 cm³/mol. The van der Waals surface area contributed by atoms with Crippen molar-refractivity contribution in [3.63, 3.8) is 0 Å². The van der Waals surface area contributed by atoms with Crippen molar-refractivity contribution in [1.82, 2.24) is 19.3 Å². The molecule has 0 radical (unpaired) electrons. The van der Waals surface area contributed by atoms with Crippen molar-refractivity contribution in [2.75, 3.05) is 7.11 Å². The highest BCUT2D eigenvalue weighted by molar-refractivity contribution is 8.02. The van der Waals surface area contributed by atoms with Crippen LogP contribution in [0.1, 0.15) is 11.3 Å². The molecule has 1 aromatic carbocycles. The van der Waals surface area contributed by atoms with Crippen molar-refractivity contribution in [2.24, 2.45) is 14.1 Å². The molecule has 10 heteroatoms. The van der Waals surface area contributed by atoms with Crippen LogP contribution >= 0.6 is 34.9 Å². The summed E-state index contributed by atoms with van der Waals surface area (Å²) in [5.74, 6) is 2.12. The van der Waals surface area contributed by atoms with E-state index < -0.39 is 0 Å². The van der Waals surface area contributed by atoms with Gasteiger partial charge in [-0.05, 0) is 17.7 Å². The maximum absolute atomic E-state index is 12.0. The smallest absolute Gasteiger partial charge is 0.330 e. The largest absolute Gasteiger partial charge is 0.497 e. The van der Waals surface area contributed by atoms with Crippen LogP contribution < -0.4 is 16.0 Å². The van der Waals surface area contributed by atoms with Crippen molar-refractivity contribution in [3.8, 4) is 5.75 Å². The second-order valence-electron chi connectivity index (χ2n) is 5.63. The van der Waals surface area contributed by atoms with Gasteiger partial charge < -0.3 is 4.74 Å². The molecule has 0 unspecified atom stereocenters. The Bertz CT molecular complexity index is 1040. The second-order valence-corrected chi connectivity index (χ2v) is 9.06. The van der Waals surface area contributed by atoms with Crippen molar-refractivity contribution in [1.29, 1.82) is 0 Å². The van der Waals surface area contributed by atoms with Gasteiger partial charge in [0.2, 0.25) is 0 Å². The number of aromatic nitrogens is 4. The Balaban J connectivity index is 1.59. The molecule has 0 N–H and O–H groups in total. The van der Waals surface area contributed by atoms with E-state index in [1.54, 1.807) is 25.9 Å². The van der Waals surface area contributed by atoms with Crippen LogP contribution in [0, 0.1) is 0 Å². The van der Waals surface area contributed by atoms with Crippen LogP contribution in [0.3, 0.4) is 0 Å². The molecular weight excluding hydrogens is 404 g/mol. The van der Waals surface area contributed by atoms with Crippen molar-refractivity contribution in [3.05, 3.63) is 62.4 Å². The fraction of sp³-hybridized carbons (Fsp3) is 0.294. The van der Waals surface area contributed by atoms with Crippen LogP contribution in [0.2, 0.25) is 0 Å². The first-order valence-corrected chi connectivity index (χ1v) is 10.7. The molecule has 0 aliphatic heterocycles. The van der Waals surface area contributed by atoms with Gasteiger partial charge in [-0.25, -0.2) is 4.79 Å². The Morgan fingerprint density at radius 1 is 1.00 bits per heavy atom. The Labute approximate surface area is 168 Å². The Hall–Kier alpha value is -2.04. The number of rotatable bonds is 7. The molecule has 2 aromatic heterocycles. The van der Waals surface area contributed by atoms with E-state index in [4.69, 9.17) is 4.74 Å². The van der Waals surface area contributed by atoms with E-state index in [1.165, 1.54) is 46.3 Å². The number of nitrogens with zero attached hydrogens (tertiary/aromatic N) is 4. The molecule has 27 heavy (non-hydrogen) atoms. The van der Waals surface area contributed by atoms with E-state index in [9.17, 15) is 9.59 Å². The third-order valence-corrected chi connectivity index (χ3v) is 7.17. The van der Waals surface area contributed by atoms with Gasteiger partial charge >= 0.3 is 5.69 Å². The molecule has 0 fully saturated rings. The highest BCUT2D eigenvalue weighted by atomic mass is 32.2. The normalized spacial score (nSPS) is 10.9. The molecule has 3 rings (SSSR count). The van der Waals surface area contributed by atoms with Gasteiger partial charge in [-0.2, -0.15) is 0 Å². The van der Waals surface area contributed by atoms with Crippen LogP contribution in [0.4, 0.5) is 0 Å². The molecular formula is C17H18N4O3S3. The lowest BCUT2D eigenvalue weighted by atomic mass is 10.2. The number of methoxy groups -OCH3 is 1. The molecule has 2 heterocycles. The average molecular weight is 423 g/mol. The third kappa shape index (κ3) is 4.82. The summed E-state index contributed by atoms with van der Waals surface area (Å²) in [6.45, 7) is 0. The molecule has 0 saturated heterocycles. The minimum Gasteiger partial charge on any atom is -0.497 e. The van der Waals surface area contributed by atoms with Gasteiger partial charge in [0.1, 0.15) is 5.75 Å². The van der Waals surface area contributed by atoms with E-state index in [1.807, 2.05) is 24.3 Å². The van der Waals surface area contributed by atoms with Gasteiger partial charge in [-0.3, -0.25) is 13.9 Å². The van der Waals surface area contributed by atoms with Gasteiger partial charge in [0.15, 0.2) is 8.68 Å². The Kier molecular flexibility index (Phi) is 6.40. The Morgan fingerprint density at radius 3 is 2.26 bits per heavy atom. The maximum atomic E-state index is 12.0. The van der Waals surface area contributed by atoms with E-state index in [0.29, 0.717) is 11.4 Å². The summed E-state index contributed by atoms with van der Waals surface area (Å²) < 4.78 is 9.41. The topological polar surface area (TPSA) is 79.0 Å². The van der Waals surface area contributed by atoms with Gasteiger partial charge in [-0.15, -0.1) is 10.2 Å². The SMILES string of the molecule is COc1ccc(CSc2nnc(SCc3cc(=O)n(C)c(=O)n3C)s2)cc1. The molecule has 142 valence electrons. The lowest BCUT2D eigenvalue weighted by Gasteiger charge is -2.07. The minimum absolute atomic E-state index is 0.304. The van der Waals surface area contributed by atoms with E-state index >= 15 is 0 Å². The zero-order valence-electron chi connectivity index (χ0n) is 15.0. The molecule has 7 nitrogen and oxygen atoms in total. The molecule has 0 bridgehead atoms. The predicted octanol–water partition coefficient (Wildman–Crippen LogP) is 2.53. The molecule has 0 aliphatic rings. The molecule has 0 spiro atoms. The fourth-order valence-corrected chi connectivity index (χ4v) is 5.23. The zero-order valence-corrected chi connectivity index (χ0v) is 17.5. The number of hydrogen-bond acceptors (Lipinski definition) is 8. The number of ether oxygens (including phenoxy) is 1. The zero-order chi connectivity index (χ0) is 19.4. The van der Waals surface area contributed by atoms with Crippen LogP contribution in [-0.2, 0) is 25.6 Å². The second kappa shape index (κ2) is 8.77. The van der Waals surface area contributed by atoms with Gasteiger partial charge in [0.25, 0.3) is 5.56 Å². The highest BCUT2D eigenvalue weighted by Gasteiger charge is 2.10. The lowest BCUT2D eigenvalue weighted by molar-refractivity contribution is 0.414. The summed E-state index contributed by atoms with van der Waals surface area (Å²) in [4.78, 5) is 23.8. The first-order valence-electron chi connectivity index (χ1n) is 7.96. The molecule has 0 aliphatic carbocycles. The quantitative estimate of drug-likeness (QED) is 0.541. The summed E-state index contributed by atoms with van der Waals surface area (Å²) in [7, 11) is 4.78. The first-order chi connectivity index (χ1) is 13.0. The summed E-state index contributed by atoms with van der Waals surface area (Å²) in [6, 6.07) is 9.41. The molecule has 0 amide bonds. The van der Waals surface area contributed by atoms with E-state index in [0.717, 1.165) is 24.7 Å². The highest BCUT2D eigenvalue weighted by Crippen LogP contribution is 2.32. The van der Waals surface area contributed by atoms with Crippen molar-refractivity contribution >= 4 is 34.9 Å². The summed E-state index contributed by atoms with van der Waals surface area (Å²) in [5.41, 5.74) is 1.21. The van der Waals surface area contributed by atoms with Gasteiger partial charge in [0.05, 0.1) is 7.11 Å². The number of benzene rings is 1. The molecule has 0 atom stereocenters. The number of thioether (sulfide) groups is 2. The van der Waals surface area contributed by atoms with Crippen molar-refractivity contribution in [2.45, 2.75) is 20.2 Å². The minimum atomic E-state index is -0.328. The van der Waals surface area contributed by atoms with Crippen molar-refractivity contribution < 1.29 is 4.74 Å². The average Bonchev–Trinajstić information content (AvgIpc) is 3.14. The standard InChI is InChI=1S/C17H18N4O3S3/c1-20-12(8-14(22)21(2)17(20)23)10-26-16-19-18-15(27-16)25-9-11-4-6-13(24-3)7-5-11/h4-8H,9-10H2,1-3H3. The number of hydrogen-bond donors (Lipinski definition) is 0. The van der Waals surface area contributed by atoms with Crippen LogP contribution in [0.25, 0.3) is 0 Å². The van der Waals surface area contributed by atoms with E-state index in [2.05, 4.69) is 10.2 Å². The van der Waals surface area contributed by atoms with Crippen LogP contribution in [-0.4, -0.2) is 26.4 Å². The van der Waals surface area contributed by atoms with Gasteiger partial charge in [0, 0.05) is 37.4 Å². The summed E-state index contributed by atoms with van der Waals surface area (Å²) in [5, 5.41) is 8.38. The monoisotopic (exact) mass is 422 g/mol. The Morgan fingerprint density at radius 2 is 1.63 bits per heavy atom. The fourth-order valence-electron chi connectivity index (χ4n) is 2.23. The summed E-state index contributed by atoms with van der Waals surface area (Å²) in [6.07, 6.45) is 0. The lowest BCUT2D eigenvalue weighted by Crippen LogP contribution is -2.37. The molecule has 3 aromatic rings. The molecule has 0 saturated carbocycles. The third-order valence-electron chi connectivity index (χ3n) is 3.88. The summed E-state index contributed by atoms with van der Waals surface area (Å²) >= 11 is 4.59. The first kappa shape index (κ1) is 19.7.